The van der Waals surface area contributed by atoms with E-state index in [0.29, 0.717) is 11.1 Å². The van der Waals surface area contributed by atoms with Gasteiger partial charge in [0.05, 0.1) is 23.9 Å². The van der Waals surface area contributed by atoms with Gasteiger partial charge in [-0.3, -0.25) is 0 Å². The Labute approximate surface area is 146 Å². The fourth-order valence-electron chi connectivity index (χ4n) is 4.42. The van der Waals surface area contributed by atoms with Gasteiger partial charge in [-0.2, -0.15) is 0 Å². The predicted octanol–water partition coefficient (Wildman–Crippen LogP) is 1.99. The van der Waals surface area contributed by atoms with Crippen molar-refractivity contribution in [3.63, 3.8) is 0 Å². The lowest BCUT2D eigenvalue weighted by Crippen LogP contribution is -2.41. The standard InChI is InChI=1S/C19H22O6/c1-9-6-14(24-17(9)21)23-8-12-10-7-11-13(20)4-5-19(2,3)15(11)16(10)25-18(12)22/h6-8,10,13-16,20H,4-5H2,1-3H3/b12-8+/t10-,13+,14+,15+,16+/m1/s1. The molecule has 5 atom stereocenters. The molecule has 6 nitrogen and oxygen atoms in total. The third kappa shape index (κ3) is 2.51. The molecule has 0 spiro atoms. The number of hydrogen-bond acceptors (Lipinski definition) is 6. The highest BCUT2D eigenvalue weighted by molar-refractivity contribution is 5.92. The third-order valence-electron chi connectivity index (χ3n) is 5.80. The molecule has 1 saturated heterocycles. The molecule has 134 valence electrons. The zero-order chi connectivity index (χ0) is 17.9. The van der Waals surface area contributed by atoms with Crippen molar-refractivity contribution in [1.29, 1.82) is 0 Å². The Morgan fingerprint density at radius 2 is 2.00 bits per heavy atom. The first-order chi connectivity index (χ1) is 11.8. The van der Waals surface area contributed by atoms with Gasteiger partial charge in [0.15, 0.2) is 0 Å². The number of hydrogen-bond donors (Lipinski definition) is 1. The molecule has 1 saturated carbocycles. The largest absolute Gasteiger partial charge is 0.458 e. The van der Waals surface area contributed by atoms with Crippen LogP contribution in [0.15, 0.2) is 35.1 Å². The molecule has 6 heteroatoms. The van der Waals surface area contributed by atoms with E-state index in [1.165, 1.54) is 6.26 Å². The van der Waals surface area contributed by atoms with Crippen LogP contribution in [0.5, 0.6) is 0 Å². The van der Waals surface area contributed by atoms with Gasteiger partial charge >= 0.3 is 11.9 Å². The summed E-state index contributed by atoms with van der Waals surface area (Å²) in [6.07, 6.45) is 4.88. The van der Waals surface area contributed by atoms with Gasteiger partial charge in [0.25, 0.3) is 6.29 Å². The molecule has 4 aliphatic rings. The van der Waals surface area contributed by atoms with Gasteiger partial charge in [0, 0.05) is 17.6 Å². The molecular formula is C19H22O6. The molecule has 1 N–H and O–H groups in total. The van der Waals surface area contributed by atoms with Crippen LogP contribution in [0, 0.1) is 17.3 Å². The highest BCUT2D eigenvalue weighted by Crippen LogP contribution is 2.55. The molecule has 0 aromatic heterocycles. The average molecular weight is 346 g/mol. The highest BCUT2D eigenvalue weighted by Gasteiger charge is 2.56. The van der Waals surface area contributed by atoms with E-state index in [0.717, 1.165) is 18.4 Å². The molecule has 4 rings (SSSR count). The molecule has 2 aliphatic carbocycles. The van der Waals surface area contributed by atoms with Crippen molar-refractivity contribution in [2.75, 3.05) is 0 Å². The van der Waals surface area contributed by atoms with Crippen molar-refractivity contribution in [3.8, 4) is 0 Å². The molecule has 0 amide bonds. The van der Waals surface area contributed by atoms with E-state index >= 15 is 0 Å². The second-order valence-electron chi connectivity index (χ2n) is 7.92. The minimum Gasteiger partial charge on any atom is -0.458 e. The summed E-state index contributed by atoms with van der Waals surface area (Å²) < 4.78 is 16.1. The molecule has 2 aliphatic heterocycles. The summed E-state index contributed by atoms with van der Waals surface area (Å²) in [5.41, 5.74) is 1.81. The van der Waals surface area contributed by atoms with Gasteiger partial charge in [-0.15, -0.1) is 0 Å². The fraction of sp³-hybridized carbons (Fsp3) is 0.579. The summed E-state index contributed by atoms with van der Waals surface area (Å²) in [6.45, 7) is 5.95. The number of carbonyl (C=O) groups excluding carboxylic acids is 2. The molecule has 25 heavy (non-hydrogen) atoms. The summed E-state index contributed by atoms with van der Waals surface area (Å²) in [5, 5.41) is 10.4. The average Bonchev–Trinajstić information content (AvgIpc) is 3.15. The van der Waals surface area contributed by atoms with Crippen molar-refractivity contribution in [3.05, 3.63) is 35.1 Å². The monoisotopic (exact) mass is 346 g/mol. The zero-order valence-electron chi connectivity index (χ0n) is 14.5. The van der Waals surface area contributed by atoms with Crippen LogP contribution in [0.4, 0.5) is 0 Å². The van der Waals surface area contributed by atoms with E-state index < -0.39 is 24.3 Å². The number of fused-ring (bicyclic) bond motifs is 3. The first-order valence-electron chi connectivity index (χ1n) is 8.63. The molecule has 2 heterocycles. The van der Waals surface area contributed by atoms with Crippen molar-refractivity contribution in [1.82, 2.24) is 0 Å². The van der Waals surface area contributed by atoms with Crippen LogP contribution < -0.4 is 0 Å². The molecule has 0 bridgehead atoms. The van der Waals surface area contributed by atoms with E-state index in [1.807, 2.05) is 6.08 Å². The van der Waals surface area contributed by atoms with Crippen LogP contribution in [-0.4, -0.2) is 35.5 Å². The predicted molar refractivity (Wildman–Crippen MR) is 86.8 cm³/mol. The molecule has 0 radical (unpaired) electrons. The quantitative estimate of drug-likeness (QED) is 0.356. The summed E-state index contributed by atoms with van der Waals surface area (Å²) >= 11 is 0. The van der Waals surface area contributed by atoms with Crippen molar-refractivity contribution >= 4 is 11.9 Å². The Morgan fingerprint density at radius 1 is 1.24 bits per heavy atom. The number of rotatable bonds is 2. The SMILES string of the molecule is CC1=C[C@@H](O/C=C2/C(=O)O[C@H]3[C@@H]2C=C2[C@@H](O)CCC(C)(C)[C@@H]23)OC1=O. The smallest absolute Gasteiger partial charge is 0.338 e. The Hall–Kier alpha value is -2.08. The second-order valence-corrected chi connectivity index (χ2v) is 7.92. The molecular weight excluding hydrogens is 324 g/mol. The molecule has 0 unspecified atom stereocenters. The Bertz CT molecular complexity index is 728. The van der Waals surface area contributed by atoms with Gasteiger partial charge in [-0.1, -0.05) is 19.9 Å². The minimum absolute atomic E-state index is 0.0162. The minimum atomic E-state index is -0.815. The maximum absolute atomic E-state index is 12.3. The van der Waals surface area contributed by atoms with E-state index in [9.17, 15) is 14.7 Å². The number of cyclic esters (lactones) is 1. The topological polar surface area (TPSA) is 82.1 Å². The van der Waals surface area contributed by atoms with Crippen LogP contribution in [0.2, 0.25) is 0 Å². The van der Waals surface area contributed by atoms with Gasteiger partial charge in [0.2, 0.25) is 0 Å². The summed E-state index contributed by atoms with van der Waals surface area (Å²) in [6, 6.07) is 0. The Morgan fingerprint density at radius 3 is 2.68 bits per heavy atom. The fourth-order valence-corrected chi connectivity index (χ4v) is 4.42. The van der Waals surface area contributed by atoms with Crippen LogP contribution >= 0.6 is 0 Å². The summed E-state index contributed by atoms with van der Waals surface area (Å²) in [4.78, 5) is 23.7. The Kier molecular flexibility index (Phi) is 3.58. The first-order valence-corrected chi connectivity index (χ1v) is 8.63. The highest BCUT2D eigenvalue weighted by atomic mass is 16.7. The lowest BCUT2D eigenvalue weighted by atomic mass is 9.65. The van der Waals surface area contributed by atoms with Gasteiger partial charge in [-0.05, 0) is 30.8 Å². The molecule has 0 aromatic rings. The summed E-state index contributed by atoms with van der Waals surface area (Å²) in [5.74, 6) is -1.05. The van der Waals surface area contributed by atoms with Crippen molar-refractivity contribution in [2.24, 2.45) is 17.3 Å². The maximum atomic E-state index is 12.3. The first kappa shape index (κ1) is 16.4. The van der Waals surface area contributed by atoms with Crippen molar-refractivity contribution < 1.29 is 28.9 Å². The van der Waals surface area contributed by atoms with Crippen LogP contribution in [0.1, 0.15) is 33.6 Å². The van der Waals surface area contributed by atoms with Gasteiger partial charge < -0.3 is 19.3 Å². The van der Waals surface area contributed by atoms with E-state index in [1.54, 1.807) is 13.0 Å². The lowest BCUT2D eigenvalue weighted by Gasteiger charge is -2.42. The van der Waals surface area contributed by atoms with E-state index in [2.05, 4.69) is 13.8 Å². The maximum Gasteiger partial charge on any atom is 0.338 e. The van der Waals surface area contributed by atoms with Crippen LogP contribution in [-0.2, 0) is 23.8 Å². The van der Waals surface area contributed by atoms with Crippen molar-refractivity contribution in [2.45, 2.75) is 52.1 Å². The van der Waals surface area contributed by atoms with Crippen LogP contribution in [0.3, 0.4) is 0 Å². The number of carbonyl (C=O) groups is 2. The lowest BCUT2D eigenvalue weighted by molar-refractivity contribution is -0.152. The van der Waals surface area contributed by atoms with E-state index in [4.69, 9.17) is 14.2 Å². The normalized spacial score (nSPS) is 40.2. The number of ether oxygens (including phenoxy) is 3. The second kappa shape index (κ2) is 5.46. The Balaban J connectivity index is 1.59. The van der Waals surface area contributed by atoms with Gasteiger partial charge in [0.1, 0.15) is 6.10 Å². The zero-order valence-corrected chi connectivity index (χ0v) is 14.5. The van der Waals surface area contributed by atoms with Crippen LogP contribution in [0.25, 0.3) is 0 Å². The third-order valence-corrected chi connectivity index (χ3v) is 5.80. The summed E-state index contributed by atoms with van der Waals surface area (Å²) in [7, 11) is 0. The molecule has 2 fully saturated rings. The van der Waals surface area contributed by atoms with Gasteiger partial charge in [-0.25, -0.2) is 9.59 Å². The molecule has 0 aromatic carbocycles. The number of aliphatic hydroxyl groups excluding tert-OH is 1. The number of esters is 2. The van der Waals surface area contributed by atoms with E-state index in [-0.39, 0.29) is 23.4 Å². The number of aliphatic hydroxyl groups is 1.